The minimum Gasteiger partial charge on any atom is -0.289 e. The van der Waals surface area contributed by atoms with Gasteiger partial charge in [-0.2, -0.15) is 5.26 Å². The van der Waals surface area contributed by atoms with E-state index in [1.54, 1.807) is 48.5 Å². The van der Waals surface area contributed by atoms with Crippen molar-refractivity contribution >= 4 is 35.1 Å². The maximum absolute atomic E-state index is 12.0. The number of ketones is 1. The Morgan fingerprint density at radius 1 is 1.15 bits per heavy atom. The van der Waals surface area contributed by atoms with Gasteiger partial charge in [-0.05, 0) is 35.9 Å². The molecule has 0 amide bonds. The summed E-state index contributed by atoms with van der Waals surface area (Å²) in [6.45, 7) is 0. The first-order chi connectivity index (χ1) is 9.61. The molecule has 2 nitrogen and oxygen atoms in total. The first-order valence-corrected chi connectivity index (χ1v) is 6.54. The van der Waals surface area contributed by atoms with Gasteiger partial charge in [0.05, 0.1) is 21.7 Å². The Labute approximate surface area is 126 Å². The van der Waals surface area contributed by atoms with Gasteiger partial charge in [-0.1, -0.05) is 47.5 Å². The molecule has 20 heavy (non-hydrogen) atoms. The molecule has 0 bridgehead atoms. The number of hydrogen-bond acceptors (Lipinski definition) is 2. The summed E-state index contributed by atoms with van der Waals surface area (Å²) in [5.74, 6) is -0.196. The van der Waals surface area contributed by atoms with Gasteiger partial charge in [-0.3, -0.25) is 4.79 Å². The Bertz CT molecular complexity index is 729. The Balaban J connectivity index is 2.25. The summed E-state index contributed by atoms with van der Waals surface area (Å²) in [7, 11) is 0. The predicted molar refractivity (Wildman–Crippen MR) is 81.0 cm³/mol. The van der Waals surface area contributed by atoms with Gasteiger partial charge in [-0.25, -0.2) is 0 Å². The largest absolute Gasteiger partial charge is 0.289 e. The van der Waals surface area contributed by atoms with E-state index in [4.69, 9.17) is 28.5 Å². The van der Waals surface area contributed by atoms with Crippen molar-refractivity contribution < 1.29 is 4.79 Å². The summed E-state index contributed by atoms with van der Waals surface area (Å²) >= 11 is 11.9. The zero-order valence-electron chi connectivity index (χ0n) is 10.3. The molecule has 0 aliphatic carbocycles. The average Bonchev–Trinajstić information content (AvgIpc) is 2.48. The Hall–Kier alpha value is -2.08. The molecule has 0 atom stereocenters. The van der Waals surface area contributed by atoms with Gasteiger partial charge in [0.1, 0.15) is 0 Å². The maximum Gasteiger partial charge on any atom is 0.185 e. The third-order valence-corrected chi connectivity index (χ3v) is 3.51. The second-order valence-corrected chi connectivity index (χ2v) is 4.82. The number of carbonyl (C=O) groups is 1. The molecule has 2 aromatic rings. The van der Waals surface area contributed by atoms with Crippen LogP contribution in [0.1, 0.15) is 21.5 Å². The molecule has 0 saturated carbocycles. The van der Waals surface area contributed by atoms with Crippen LogP contribution in [0, 0.1) is 11.3 Å². The zero-order chi connectivity index (χ0) is 14.5. The van der Waals surface area contributed by atoms with Crippen LogP contribution in [0.5, 0.6) is 0 Å². The molecule has 0 heterocycles. The SMILES string of the molecule is N#Cc1cccc(C(=O)/C=C/c2cccc(Cl)c2Cl)c1. The molecule has 0 unspecified atom stereocenters. The number of nitrogens with zero attached hydrogens (tertiary/aromatic N) is 1. The highest BCUT2D eigenvalue weighted by molar-refractivity contribution is 6.42. The Morgan fingerprint density at radius 2 is 1.90 bits per heavy atom. The number of halogens is 2. The fourth-order valence-corrected chi connectivity index (χ4v) is 2.02. The van der Waals surface area contributed by atoms with Crippen LogP contribution in [0.15, 0.2) is 48.5 Å². The van der Waals surface area contributed by atoms with Crippen LogP contribution in [0.2, 0.25) is 10.0 Å². The molecular formula is C16H9Cl2NO. The van der Waals surface area contributed by atoms with Crippen LogP contribution in [-0.4, -0.2) is 5.78 Å². The summed E-state index contributed by atoms with van der Waals surface area (Å²) < 4.78 is 0. The quantitative estimate of drug-likeness (QED) is 0.606. The fraction of sp³-hybridized carbons (Fsp3) is 0. The van der Waals surface area contributed by atoms with Crippen molar-refractivity contribution in [1.29, 1.82) is 5.26 Å². The van der Waals surface area contributed by atoms with E-state index in [1.807, 2.05) is 6.07 Å². The molecule has 0 radical (unpaired) electrons. The minimum atomic E-state index is -0.196. The predicted octanol–water partition coefficient (Wildman–Crippen LogP) is 4.76. The van der Waals surface area contributed by atoms with Crippen LogP contribution < -0.4 is 0 Å². The van der Waals surface area contributed by atoms with E-state index < -0.39 is 0 Å². The molecule has 4 heteroatoms. The van der Waals surface area contributed by atoms with E-state index >= 15 is 0 Å². The minimum absolute atomic E-state index is 0.196. The van der Waals surface area contributed by atoms with E-state index in [0.29, 0.717) is 26.7 Å². The number of nitriles is 1. The van der Waals surface area contributed by atoms with Gasteiger partial charge >= 0.3 is 0 Å². The second-order valence-electron chi connectivity index (χ2n) is 4.03. The van der Waals surface area contributed by atoms with E-state index in [2.05, 4.69) is 0 Å². The van der Waals surface area contributed by atoms with Gasteiger partial charge in [-0.15, -0.1) is 0 Å². The van der Waals surface area contributed by atoms with Crippen molar-refractivity contribution in [2.45, 2.75) is 0 Å². The number of hydrogen-bond donors (Lipinski definition) is 0. The van der Waals surface area contributed by atoms with E-state index in [-0.39, 0.29) is 5.78 Å². The van der Waals surface area contributed by atoms with Crippen LogP contribution in [0.4, 0.5) is 0 Å². The molecule has 0 N–H and O–H groups in total. The lowest BCUT2D eigenvalue weighted by atomic mass is 10.1. The van der Waals surface area contributed by atoms with Crippen molar-refractivity contribution in [3.63, 3.8) is 0 Å². The number of allylic oxidation sites excluding steroid dienone is 1. The molecule has 0 aliphatic rings. The Morgan fingerprint density at radius 3 is 2.65 bits per heavy atom. The first kappa shape index (κ1) is 14.3. The molecule has 0 saturated heterocycles. The highest BCUT2D eigenvalue weighted by atomic mass is 35.5. The topological polar surface area (TPSA) is 40.9 Å². The highest BCUT2D eigenvalue weighted by Crippen LogP contribution is 2.26. The van der Waals surface area contributed by atoms with Gasteiger partial charge in [0.15, 0.2) is 5.78 Å². The van der Waals surface area contributed by atoms with Crippen molar-refractivity contribution in [3.05, 3.63) is 75.3 Å². The lowest BCUT2D eigenvalue weighted by Crippen LogP contribution is -1.94. The van der Waals surface area contributed by atoms with Crippen molar-refractivity contribution in [2.75, 3.05) is 0 Å². The highest BCUT2D eigenvalue weighted by Gasteiger charge is 2.04. The van der Waals surface area contributed by atoms with Gasteiger partial charge in [0, 0.05) is 5.56 Å². The molecule has 2 aromatic carbocycles. The molecule has 0 spiro atoms. The number of benzene rings is 2. The van der Waals surface area contributed by atoms with Gasteiger partial charge in [0.25, 0.3) is 0 Å². The normalized spacial score (nSPS) is 10.4. The van der Waals surface area contributed by atoms with Gasteiger partial charge in [0.2, 0.25) is 0 Å². The van der Waals surface area contributed by atoms with Crippen molar-refractivity contribution in [2.24, 2.45) is 0 Å². The standard InChI is InChI=1S/C16H9Cl2NO/c17-14-6-2-4-12(16(14)18)7-8-15(20)13-5-1-3-11(9-13)10-19/h1-9H/b8-7+. The second kappa shape index (κ2) is 6.38. The van der Waals surface area contributed by atoms with Gasteiger partial charge < -0.3 is 0 Å². The fourth-order valence-electron chi connectivity index (χ4n) is 1.65. The molecular weight excluding hydrogens is 293 g/mol. The van der Waals surface area contributed by atoms with E-state index in [9.17, 15) is 4.79 Å². The summed E-state index contributed by atoms with van der Waals surface area (Å²) in [5.41, 5.74) is 1.58. The Kier molecular flexibility index (Phi) is 4.57. The number of rotatable bonds is 3. The molecule has 2 rings (SSSR count). The molecule has 0 aliphatic heterocycles. The smallest absolute Gasteiger partial charge is 0.185 e. The van der Waals surface area contributed by atoms with Crippen LogP contribution in [0.25, 0.3) is 6.08 Å². The van der Waals surface area contributed by atoms with Crippen molar-refractivity contribution in [1.82, 2.24) is 0 Å². The van der Waals surface area contributed by atoms with Crippen LogP contribution in [0.3, 0.4) is 0 Å². The van der Waals surface area contributed by atoms with Crippen LogP contribution >= 0.6 is 23.2 Å². The summed E-state index contributed by atoms with van der Waals surface area (Å²) in [4.78, 5) is 12.0. The van der Waals surface area contributed by atoms with Crippen molar-refractivity contribution in [3.8, 4) is 6.07 Å². The lowest BCUT2D eigenvalue weighted by molar-refractivity contribution is 0.104. The lowest BCUT2D eigenvalue weighted by Gasteiger charge is -2.00. The summed E-state index contributed by atoms with van der Waals surface area (Å²) in [6, 6.07) is 13.7. The monoisotopic (exact) mass is 301 g/mol. The van der Waals surface area contributed by atoms with E-state index in [1.165, 1.54) is 6.08 Å². The third-order valence-electron chi connectivity index (χ3n) is 2.67. The molecule has 0 fully saturated rings. The third kappa shape index (κ3) is 3.27. The first-order valence-electron chi connectivity index (χ1n) is 5.78. The molecule has 98 valence electrons. The number of carbonyl (C=O) groups excluding carboxylic acids is 1. The summed E-state index contributed by atoms with van der Waals surface area (Å²) in [6.07, 6.45) is 3.02. The maximum atomic E-state index is 12.0. The van der Waals surface area contributed by atoms with E-state index in [0.717, 1.165) is 0 Å². The average molecular weight is 302 g/mol. The summed E-state index contributed by atoms with van der Waals surface area (Å²) in [5, 5.41) is 9.65. The zero-order valence-corrected chi connectivity index (χ0v) is 11.8. The van der Waals surface area contributed by atoms with Crippen LogP contribution in [-0.2, 0) is 0 Å². The molecule has 0 aromatic heterocycles.